The molecular weight excluding hydrogens is 142 g/mol. The van der Waals surface area contributed by atoms with Gasteiger partial charge >= 0.3 is 5.97 Å². The average molecular weight is 155 g/mol. The fourth-order valence-electron chi connectivity index (χ4n) is 2.04. The molecule has 3 heteroatoms. The van der Waals surface area contributed by atoms with Crippen molar-refractivity contribution in [3.8, 4) is 0 Å². The Bertz CT molecular complexity index is 204. The second-order valence-electron chi connectivity index (χ2n) is 3.84. The highest BCUT2D eigenvalue weighted by atomic mass is 16.6. The number of rotatable bonds is 0. The van der Waals surface area contributed by atoms with E-state index in [1.54, 1.807) is 0 Å². The van der Waals surface area contributed by atoms with Gasteiger partial charge in [-0.25, -0.2) is 4.79 Å². The summed E-state index contributed by atoms with van der Waals surface area (Å²) in [6.07, 6.45) is 2.01. The van der Waals surface area contributed by atoms with Gasteiger partial charge in [0.15, 0.2) is 5.54 Å². The third-order valence-electron chi connectivity index (χ3n) is 2.88. The molecule has 0 aliphatic carbocycles. The molecule has 0 aromatic carbocycles. The Morgan fingerprint density at radius 3 is 2.55 bits per heavy atom. The summed E-state index contributed by atoms with van der Waals surface area (Å²) in [6.45, 7) is 4.87. The standard InChI is InChI=1S/C8H13NO2/c1-7(2)8(6(10)11-7)4-3-5-9-8/h9H,3-5H2,1-2H3/t8-/m0/s1. The molecule has 1 N–H and O–H groups in total. The molecule has 0 saturated carbocycles. The first-order valence-corrected chi connectivity index (χ1v) is 4.07. The molecule has 2 saturated heterocycles. The van der Waals surface area contributed by atoms with E-state index in [0.717, 1.165) is 19.4 Å². The molecule has 11 heavy (non-hydrogen) atoms. The number of carbonyl (C=O) groups is 1. The highest BCUT2D eigenvalue weighted by molar-refractivity contribution is 5.89. The van der Waals surface area contributed by atoms with Crippen LogP contribution in [0.3, 0.4) is 0 Å². The molecule has 62 valence electrons. The predicted molar refractivity (Wildman–Crippen MR) is 40.1 cm³/mol. The SMILES string of the molecule is CC1(C)OC(=O)[C@@]12CCCN2. The zero-order valence-corrected chi connectivity index (χ0v) is 6.94. The molecule has 1 atom stereocenters. The normalized spacial score (nSPS) is 40.4. The van der Waals surface area contributed by atoms with E-state index in [9.17, 15) is 4.79 Å². The van der Waals surface area contributed by atoms with Crippen LogP contribution in [0.1, 0.15) is 26.7 Å². The second-order valence-corrected chi connectivity index (χ2v) is 3.84. The summed E-state index contributed by atoms with van der Waals surface area (Å²) < 4.78 is 5.06. The Labute approximate surface area is 66.1 Å². The number of nitrogens with one attached hydrogen (secondary N) is 1. The van der Waals surface area contributed by atoms with Gasteiger partial charge in [-0.05, 0) is 33.2 Å². The smallest absolute Gasteiger partial charge is 0.331 e. The fourth-order valence-corrected chi connectivity index (χ4v) is 2.04. The first-order valence-electron chi connectivity index (χ1n) is 4.07. The Morgan fingerprint density at radius 2 is 2.27 bits per heavy atom. The number of esters is 1. The van der Waals surface area contributed by atoms with E-state index in [1.165, 1.54) is 0 Å². The third-order valence-corrected chi connectivity index (χ3v) is 2.88. The Morgan fingerprint density at radius 1 is 1.55 bits per heavy atom. The molecule has 2 heterocycles. The summed E-state index contributed by atoms with van der Waals surface area (Å²) in [4.78, 5) is 11.2. The van der Waals surface area contributed by atoms with Gasteiger partial charge in [-0.2, -0.15) is 0 Å². The van der Waals surface area contributed by atoms with Crippen LogP contribution in [-0.2, 0) is 9.53 Å². The fraction of sp³-hybridized carbons (Fsp3) is 0.875. The number of carbonyl (C=O) groups excluding carboxylic acids is 1. The van der Waals surface area contributed by atoms with Gasteiger partial charge in [0, 0.05) is 0 Å². The minimum absolute atomic E-state index is 0.0694. The minimum Gasteiger partial charge on any atom is -0.456 e. The van der Waals surface area contributed by atoms with Crippen molar-refractivity contribution in [2.24, 2.45) is 0 Å². The molecule has 0 aromatic heterocycles. The first kappa shape index (κ1) is 7.10. The van der Waals surface area contributed by atoms with Crippen molar-refractivity contribution in [1.29, 1.82) is 0 Å². The van der Waals surface area contributed by atoms with Crippen LogP contribution >= 0.6 is 0 Å². The van der Waals surface area contributed by atoms with Crippen molar-refractivity contribution >= 4 is 5.97 Å². The molecule has 2 aliphatic rings. The number of hydrogen-bond donors (Lipinski definition) is 1. The molecule has 3 nitrogen and oxygen atoms in total. The van der Waals surface area contributed by atoms with Crippen LogP contribution in [0.25, 0.3) is 0 Å². The second kappa shape index (κ2) is 1.78. The molecule has 0 unspecified atom stereocenters. The first-order chi connectivity index (χ1) is 5.08. The molecule has 0 bridgehead atoms. The van der Waals surface area contributed by atoms with Gasteiger partial charge < -0.3 is 4.74 Å². The lowest BCUT2D eigenvalue weighted by Crippen LogP contribution is -2.73. The lowest BCUT2D eigenvalue weighted by molar-refractivity contribution is -0.213. The van der Waals surface area contributed by atoms with Gasteiger partial charge in [0.25, 0.3) is 0 Å². The van der Waals surface area contributed by atoms with Crippen molar-refractivity contribution in [2.75, 3.05) is 6.54 Å². The van der Waals surface area contributed by atoms with E-state index in [1.807, 2.05) is 13.8 Å². The quantitative estimate of drug-likeness (QED) is 0.516. The van der Waals surface area contributed by atoms with Crippen LogP contribution in [0.15, 0.2) is 0 Å². The average Bonchev–Trinajstić information content (AvgIpc) is 2.34. The van der Waals surface area contributed by atoms with Gasteiger partial charge in [-0.3, -0.25) is 5.32 Å². The maximum absolute atomic E-state index is 11.2. The molecule has 0 amide bonds. The summed E-state index contributed by atoms with van der Waals surface area (Å²) in [6, 6.07) is 0. The Hall–Kier alpha value is -0.570. The molecule has 2 fully saturated rings. The monoisotopic (exact) mass is 155 g/mol. The lowest BCUT2D eigenvalue weighted by atomic mass is 9.76. The van der Waals surface area contributed by atoms with Gasteiger partial charge in [0.2, 0.25) is 0 Å². The molecule has 0 aromatic rings. The van der Waals surface area contributed by atoms with Crippen LogP contribution in [0, 0.1) is 0 Å². The van der Waals surface area contributed by atoms with Crippen LogP contribution in [-0.4, -0.2) is 23.7 Å². The number of cyclic esters (lactones) is 1. The summed E-state index contributed by atoms with van der Waals surface area (Å²) in [5.41, 5.74) is -0.631. The van der Waals surface area contributed by atoms with Crippen molar-refractivity contribution in [1.82, 2.24) is 5.32 Å². The molecule has 1 spiro atoms. The van der Waals surface area contributed by atoms with Crippen molar-refractivity contribution in [3.05, 3.63) is 0 Å². The van der Waals surface area contributed by atoms with E-state index < -0.39 is 0 Å². The van der Waals surface area contributed by atoms with E-state index in [0.29, 0.717) is 0 Å². The van der Waals surface area contributed by atoms with Gasteiger partial charge in [0.1, 0.15) is 5.60 Å². The van der Waals surface area contributed by atoms with Crippen LogP contribution in [0.4, 0.5) is 0 Å². The highest BCUT2D eigenvalue weighted by Crippen LogP contribution is 2.43. The van der Waals surface area contributed by atoms with Gasteiger partial charge in [-0.1, -0.05) is 0 Å². The molecule has 2 aliphatic heterocycles. The number of ether oxygens (including phenoxy) is 1. The predicted octanol–water partition coefficient (Wildman–Crippen LogP) is 0.444. The maximum Gasteiger partial charge on any atom is 0.331 e. The van der Waals surface area contributed by atoms with E-state index in [2.05, 4.69) is 5.32 Å². The minimum atomic E-state index is -0.340. The zero-order valence-electron chi connectivity index (χ0n) is 6.94. The van der Waals surface area contributed by atoms with E-state index in [-0.39, 0.29) is 17.1 Å². The third kappa shape index (κ3) is 0.644. The van der Waals surface area contributed by atoms with Crippen molar-refractivity contribution in [3.63, 3.8) is 0 Å². The van der Waals surface area contributed by atoms with Gasteiger partial charge in [-0.15, -0.1) is 0 Å². The van der Waals surface area contributed by atoms with Gasteiger partial charge in [0.05, 0.1) is 0 Å². The highest BCUT2D eigenvalue weighted by Gasteiger charge is 2.64. The Kier molecular flexibility index (Phi) is 1.15. The van der Waals surface area contributed by atoms with Crippen LogP contribution in [0.2, 0.25) is 0 Å². The molecular formula is C8H13NO2. The topological polar surface area (TPSA) is 38.3 Å². The maximum atomic E-state index is 11.2. The van der Waals surface area contributed by atoms with E-state index >= 15 is 0 Å². The summed E-state index contributed by atoms with van der Waals surface area (Å²) in [5, 5.41) is 3.23. The molecule has 0 radical (unpaired) electrons. The molecule has 2 rings (SSSR count). The zero-order chi connectivity index (χ0) is 8.11. The van der Waals surface area contributed by atoms with Crippen molar-refractivity contribution < 1.29 is 9.53 Å². The van der Waals surface area contributed by atoms with Crippen LogP contribution < -0.4 is 5.32 Å². The summed E-state index contributed by atoms with van der Waals surface area (Å²) >= 11 is 0. The lowest BCUT2D eigenvalue weighted by Gasteiger charge is -2.51. The largest absolute Gasteiger partial charge is 0.456 e. The summed E-state index contributed by atoms with van der Waals surface area (Å²) in [5.74, 6) is -0.0694. The van der Waals surface area contributed by atoms with E-state index in [4.69, 9.17) is 4.74 Å². The Balaban J connectivity index is 2.28. The van der Waals surface area contributed by atoms with Crippen LogP contribution in [0.5, 0.6) is 0 Å². The summed E-state index contributed by atoms with van der Waals surface area (Å²) in [7, 11) is 0. The number of hydrogen-bond acceptors (Lipinski definition) is 3. The van der Waals surface area contributed by atoms with Crippen molar-refractivity contribution in [2.45, 2.75) is 37.8 Å².